The molecule has 4 fully saturated rings. The van der Waals surface area contributed by atoms with Gasteiger partial charge in [-0.25, -0.2) is 0 Å². The van der Waals surface area contributed by atoms with Gasteiger partial charge in [0.25, 0.3) is 0 Å². The summed E-state index contributed by atoms with van der Waals surface area (Å²) in [7, 11) is 2.11. The van der Waals surface area contributed by atoms with Crippen LogP contribution in [0.4, 0.5) is 0 Å². The van der Waals surface area contributed by atoms with E-state index in [-0.39, 0.29) is 5.41 Å². The fraction of sp³-hybridized carbons (Fsp3) is 0.882. The maximum atomic E-state index is 4.90. The third kappa shape index (κ3) is 1.78. The van der Waals surface area contributed by atoms with E-state index in [2.05, 4.69) is 43.4 Å². The van der Waals surface area contributed by atoms with Crippen molar-refractivity contribution in [2.45, 2.75) is 70.3 Å². The molecule has 5 rings (SSSR count). The Hall–Kier alpha value is -0.860. The van der Waals surface area contributed by atoms with E-state index in [0.717, 1.165) is 17.8 Å². The van der Waals surface area contributed by atoms with Crippen molar-refractivity contribution < 1.29 is 4.68 Å². The minimum absolute atomic E-state index is 0.176. The van der Waals surface area contributed by atoms with E-state index in [1.165, 1.54) is 44.2 Å². The molecule has 0 atom stereocenters. The first-order chi connectivity index (χ1) is 9.36. The molecule has 110 valence electrons. The normalized spacial score (nSPS) is 39.5. The van der Waals surface area contributed by atoms with Gasteiger partial charge in [-0.1, -0.05) is 20.8 Å². The molecule has 4 aliphatic rings. The summed E-state index contributed by atoms with van der Waals surface area (Å²) in [5, 5.41) is 4.90. The summed E-state index contributed by atoms with van der Waals surface area (Å²) in [6.45, 7) is 6.86. The Bertz CT molecular complexity index is 500. The maximum Gasteiger partial charge on any atom is 0.172 e. The molecular formula is C17H28N3+. The van der Waals surface area contributed by atoms with Crippen molar-refractivity contribution in [3.8, 4) is 0 Å². The zero-order valence-electron chi connectivity index (χ0n) is 13.4. The molecule has 0 unspecified atom stereocenters. The van der Waals surface area contributed by atoms with Gasteiger partial charge in [0.15, 0.2) is 11.9 Å². The number of hydrogen-bond acceptors (Lipinski definition) is 1. The third-order valence-electron chi connectivity index (χ3n) is 6.08. The van der Waals surface area contributed by atoms with E-state index in [1.54, 1.807) is 0 Å². The molecule has 1 aromatic rings. The lowest BCUT2D eigenvalue weighted by molar-refractivity contribution is -0.826. The molecule has 20 heavy (non-hydrogen) atoms. The molecule has 3 nitrogen and oxygen atoms in total. The second-order valence-corrected chi connectivity index (χ2v) is 8.86. The minimum atomic E-state index is 0.176. The SMILES string of the molecule is Cn1n[n+](C23CC4CC(CC(C4)C2)C3)cc1C(C)(C)C. The fourth-order valence-electron chi connectivity index (χ4n) is 5.67. The summed E-state index contributed by atoms with van der Waals surface area (Å²) in [6.07, 6.45) is 11.0. The Morgan fingerprint density at radius 2 is 1.60 bits per heavy atom. The van der Waals surface area contributed by atoms with Crippen LogP contribution >= 0.6 is 0 Å². The Balaban J connectivity index is 1.74. The number of aromatic nitrogens is 3. The smallest absolute Gasteiger partial charge is 0.137 e. The molecule has 0 aliphatic heterocycles. The largest absolute Gasteiger partial charge is 0.172 e. The van der Waals surface area contributed by atoms with Gasteiger partial charge >= 0.3 is 0 Å². The minimum Gasteiger partial charge on any atom is -0.137 e. The molecule has 0 radical (unpaired) electrons. The predicted octanol–water partition coefficient (Wildman–Crippen LogP) is 2.93. The van der Waals surface area contributed by atoms with Gasteiger partial charge in [-0.15, -0.1) is 9.36 Å². The van der Waals surface area contributed by atoms with Crippen LogP contribution in [0.25, 0.3) is 0 Å². The molecule has 3 heteroatoms. The molecule has 0 N–H and O–H groups in total. The van der Waals surface area contributed by atoms with Crippen LogP contribution < -0.4 is 4.68 Å². The summed E-state index contributed by atoms with van der Waals surface area (Å²) in [6, 6.07) is 0. The summed E-state index contributed by atoms with van der Waals surface area (Å²) in [5.41, 5.74) is 1.89. The lowest BCUT2D eigenvalue weighted by atomic mass is 9.53. The van der Waals surface area contributed by atoms with Gasteiger partial charge in [-0.3, -0.25) is 0 Å². The Kier molecular flexibility index (Phi) is 2.48. The van der Waals surface area contributed by atoms with Crippen molar-refractivity contribution in [3.05, 3.63) is 11.9 Å². The third-order valence-corrected chi connectivity index (χ3v) is 6.08. The molecule has 4 saturated carbocycles. The standard InChI is InChI=1S/C17H28N3/c1-16(2,3)15-11-20(18-19(15)4)17-8-12-5-13(9-17)7-14(6-12)10-17/h11-14H,5-10H2,1-4H3/q+1. The van der Waals surface area contributed by atoms with Gasteiger partial charge in [0.2, 0.25) is 0 Å². The molecule has 4 bridgehead atoms. The van der Waals surface area contributed by atoms with Crippen molar-refractivity contribution in [3.63, 3.8) is 0 Å². The highest BCUT2D eigenvalue weighted by Crippen LogP contribution is 2.56. The highest BCUT2D eigenvalue weighted by Gasteiger charge is 2.55. The molecule has 4 aliphatic carbocycles. The van der Waals surface area contributed by atoms with Gasteiger partial charge in [-0.05, 0) is 56.3 Å². The molecule has 0 spiro atoms. The number of nitrogens with zero attached hydrogens (tertiary/aromatic N) is 3. The van der Waals surface area contributed by atoms with Gasteiger partial charge in [0, 0.05) is 5.41 Å². The van der Waals surface area contributed by atoms with Gasteiger partial charge in [-0.2, -0.15) is 0 Å². The maximum absolute atomic E-state index is 4.90. The fourth-order valence-corrected chi connectivity index (χ4v) is 5.67. The molecular weight excluding hydrogens is 246 g/mol. The Labute approximate surface area is 122 Å². The van der Waals surface area contributed by atoms with E-state index in [0.29, 0.717) is 5.54 Å². The average Bonchev–Trinajstić information content (AvgIpc) is 2.69. The summed E-state index contributed by atoms with van der Waals surface area (Å²) < 4.78 is 4.48. The van der Waals surface area contributed by atoms with Gasteiger partial charge in [0.1, 0.15) is 12.6 Å². The van der Waals surface area contributed by atoms with E-state index >= 15 is 0 Å². The lowest BCUT2D eigenvalue weighted by Crippen LogP contribution is -2.65. The van der Waals surface area contributed by atoms with Crippen molar-refractivity contribution >= 4 is 0 Å². The monoisotopic (exact) mass is 274 g/mol. The molecule has 1 heterocycles. The quantitative estimate of drug-likeness (QED) is 0.722. The first-order valence-corrected chi connectivity index (χ1v) is 8.33. The van der Waals surface area contributed by atoms with Crippen LogP contribution in [0, 0.1) is 17.8 Å². The molecule has 0 amide bonds. The highest BCUT2D eigenvalue weighted by atomic mass is 15.5. The first-order valence-electron chi connectivity index (χ1n) is 8.33. The Morgan fingerprint density at radius 3 is 2.00 bits per heavy atom. The number of hydrogen-bond donors (Lipinski definition) is 0. The van der Waals surface area contributed by atoms with Crippen LogP contribution in [0.15, 0.2) is 6.20 Å². The number of aryl methyl sites for hydroxylation is 1. The van der Waals surface area contributed by atoms with Crippen molar-refractivity contribution in [2.75, 3.05) is 0 Å². The van der Waals surface area contributed by atoms with E-state index < -0.39 is 0 Å². The van der Waals surface area contributed by atoms with Crippen LogP contribution in [-0.4, -0.2) is 9.90 Å². The summed E-state index contributed by atoms with van der Waals surface area (Å²) in [5.74, 6) is 2.94. The van der Waals surface area contributed by atoms with E-state index in [9.17, 15) is 0 Å². The first kappa shape index (κ1) is 12.8. The molecule has 0 aromatic carbocycles. The summed E-state index contributed by atoms with van der Waals surface area (Å²) in [4.78, 5) is 0. The molecule has 1 aromatic heterocycles. The van der Waals surface area contributed by atoms with Gasteiger partial charge < -0.3 is 0 Å². The molecule has 0 saturated heterocycles. The Morgan fingerprint density at radius 1 is 1.10 bits per heavy atom. The average molecular weight is 274 g/mol. The highest BCUT2D eigenvalue weighted by molar-refractivity contribution is 5.06. The van der Waals surface area contributed by atoms with Crippen LogP contribution in [-0.2, 0) is 18.0 Å². The predicted molar refractivity (Wildman–Crippen MR) is 78.2 cm³/mol. The lowest BCUT2D eigenvalue weighted by Gasteiger charge is -2.53. The van der Waals surface area contributed by atoms with Crippen molar-refractivity contribution in [1.82, 2.24) is 9.90 Å². The van der Waals surface area contributed by atoms with Gasteiger partial charge in [0.05, 0.1) is 5.21 Å². The van der Waals surface area contributed by atoms with E-state index in [4.69, 9.17) is 5.21 Å². The van der Waals surface area contributed by atoms with Crippen molar-refractivity contribution in [1.29, 1.82) is 0 Å². The van der Waals surface area contributed by atoms with Crippen LogP contribution in [0.5, 0.6) is 0 Å². The number of rotatable bonds is 1. The topological polar surface area (TPSA) is 21.7 Å². The summed E-state index contributed by atoms with van der Waals surface area (Å²) >= 11 is 0. The zero-order valence-corrected chi connectivity index (χ0v) is 13.4. The van der Waals surface area contributed by atoms with Crippen LogP contribution in [0.2, 0.25) is 0 Å². The van der Waals surface area contributed by atoms with E-state index in [1.807, 2.05) is 0 Å². The van der Waals surface area contributed by atoms with Crippen LogP contribution in [0.3, 0.4) is 0 Å². The zero-order chi connectivity index (χ0) is 14.1. The van der Waals surface area contributed by atoms with Crippen molar-refractivity contribution in [2.24, 2.45) is 24.8 Å². The second-order valence-electron chi connectivity index (χ2n) is 8.86. The van der Waals surface area contributed by atoms with Crippen LogP contribution in [0.1, 0.15) is 65.0 Å². The second kappa shape index (κ2) is 3.86.